The number of allylic oxidation sites excluding steroid dienone is 2. The summed E-state index contributed by atoms with van der Waals surface area (Å²) in [6.45, 7) is 7.37. The molecule has 0 amide bonds. The van der Waals surface area contributed by atoms with Crippen LogP contribution in [0.15, 0.2) is 32.9 Å². The maximum absolute atomic E-state index is 13.0. The summed E-state index contributed by atoms with van der Waals surface area (Å²) in [7, 11) is 0. The van der Waals surface area contributed by atoms with Gasteiger partial charge in [0.25, 0.3) is 0 Å². The predicted molar refractivity (Wildman–Crippen MR) is 85.0 cm³/mol. The van der Waals surface area contributed by atoms with Crippen LogP contribution in [0.25, 0.3) is 0 Å². The first-order chi connectivity index (χ1) is 10.4. The first-order valence-corrected chi connectivity index (χ1v) is 8.56. The molecular weight excluding hydrogens is 274 g/mol. The van der Waals surface area contributed by atoms with Crippen molar-refractivity contribution < 1.29 is 4.79 Å². The van der Waals surface area contributed by atoms with Crippen molar-refractivity contribution in [2.45, 2.75) is 59.3 Å². The minimum Gasteiger partial charge on any atom is -0.342 e. The van der Waals surface area contributed by atoms with Gasteiger partial charge in [0.05, 0.1) is 6.54 Å². The van der Waals surface area contributed by atoms with Crippen molar-refractivity contribution in [1.82, 2.24) is 5.32 Å². The van der Waals surface area contributed by atoms with Gasteiger partial charge in [0.2, 0.25) is 0 Å². The smallest absolute Gasteiger partial charge is 0.162 e. The maximum atomic E-state index is 13.0. The number of azo groups is 1. The molecule has 0 radical (unpaired) electrons. The average Bonchev–Trinajstić information content (AvgIpc) is 2.85. The predicted octanol–water partition coefficient (Wildman–Crippen LogP) is 4.11. The van der Waals surface area contributed by atoms with Crippen LogP contribution in [0.2, 0.25) is 0 Å². The summed E-state index contributed by atoms with van der Waals surface area (Å²) in [5.74, 6) is 1.96. The molecule has 4 aliphatic rings. The van der Waals surface area contributed by atoms with E-state index in [1.807, 2.05) is 0 Å². The first-order valence-electron chi connectivity index (χ1n) is 8.56. The Morgan fingerprint density at radius 2 is 2.09 bits per heavy atom. The van der Waals surface area contributed by atoms with Crippen LogP contribution in [0.4, 0.5) is 0 Å². The fraction of sp³-hybridized carbons (Fsp3) is 0.722. The summed E-state index contributed by atoms with van der Waals surface area (Å²) in [5, 5.41) is 12.1. The second-order valence-electron chi connectivity index (χ2n) is 8.43. The van der Waals surface area contributed by atoms with E-state index in [1.54, 1.807) is 0 Å². The molecule has 1 N–H and O–H groups in total. The number of carbonyl (C=O) groups excluding carboxylic acids is 1. The Balaban J connectivity index is 1.86. The van der Waals surface area contributed by atoms with Crippen LogP contribution in [0.5, 0.6) is 0 Å². The van der Waals surface area contributed by atoms with E-state index < -0.39 is 0 Å². The van der Waals surface area contributed by atoms with Gasteiger partial charge in [-0.1, -0.05) is 33.6 Å². The number of nitrogens with one attached hydrogen (secondary N) is 1. The molecule has 4 nitrogen and oxygen atoms in total. The number of hydrogen-bond acceptors (Lipinski definition) is 4. The maximum Gasteiger partial charge on any atom is 0.162 e. The molecule has 0 bridgehead atoms. The van der Waals surface area contributed by atoms with Gasteiger partial charge in [0.1, 0.15) is 0 Å². The fourth-order valence-electron chi connectivity index (χ4n) is 5.12. The topological polar surface area (TPSA) is 53.8 Å². The molecule has 2 atom stereocenters. The SMILES string of the molecule is C[C@H]1CCC[C@]2(C1)C1=C(N=NC1)NC1=C2C(=O)CC(C)(C)C1. The van der Waals surface area contributed by atoms with E-state index in [4.69, 9.17) is 0 Å². The first kappa shape index (κ1) is 14.2. The molecule has 22 heavy (non-hydrogen) atoms. The second-order valence-corrected chi connectivity index (χ2v) is 8.43. The number of Topliss-reactive ketones (excluding diaryl/α,β-unsaturated/α-hetero) is 1. The summed E-state index contributed by atoms with van der Waals surface area (Å²) >= 11 is 0. The number of carbonyl (C=O) groups is 1. The molecule has 1 saturated carbocycles. The minimum atomic E-state index is -0.0787. The van der Waals surface area contributed by atoms with Crippen molar-refractivity contribution in [3.8, 4) is 0 Å². The zero-order valence-corrected chi connectivity index (χ0v) is 13.8. The number of rotatable bonds is 0. The monoisotopic (exact) mass is 299 g/mol. The van der Waals surface area contributed by atoms with Crippen molar-refractivity contribution in [2.24, 2.45) is 27.0 Å². The minimum absolute atomic E-state index is 0.0399. The van der Waals surface area contributed by atoms with Crippen LogP contribution in [-0.2, 0) is 4.79 Å². The Labute approximate surface area is 132 Å². The third-order valence-corrected chi connectivity index (χ3v) is 5.88. The largest absolute Gasteiger partial charge is 0.342 e. The van der Waals surface area contributed by atoms with Gasteiger partial charge in [-0.25, -0.2) is 0 Å². The molecule has 0 unspecified atom stereocenters. The van der Waals surface area contributed by atoms with Gasteiger partial charge in [-0.2, -0.15) is 5.11 Å². The van der Waals surface area contributed by atoms with Gasteiger partial charge in [-0.05, 0) is 30.6 Å². The van der Waals surface area contributed by atoms with E-state index in [0.717, 1.165) is 36.4 Å². The van der Waals surface area contributed by atoms with Crippen LogP contribution in [-0.4, -0.2) is 12.3 Å². The average molecular weight is 299 g/mol. The fourth-order valence-corrected chi connectivity index (χ4v) is 5.12. The zero-order chi connectivity index (χ0) is 15.5. The van der Waals surface area contributed by atoms with Crippen molar-refractivity contribution in [2.75, 3.05) is 6.54 Å². The molecule has 2 aliphatic carbocycles. The Hall–Kier alpha value is -1.45. The highest BCUT2D eigenvalue weighted by Crippen LogP contribution is 2.57. The van der Waals surface area contributed by atoms with Crippen LogP contribution < -0.4 is 5.32 Å². The van der Waals surface area contributed by atoms with Gasteiger partial charge in [0.15, 0.2) is 11.6 Å². The Kier molecular flexibility index (Phi) is 2.91. The van der Waals surface area contributed by atoms with E-state index >= 15 is 0 Å². The van der Waals surface area contributed by atoms with E-state index in [9.17, 15) is 4.79 Å². The normalized spacial score (nSPS) is 36.5. The summed E-state index contributed by atoms with van der Waals surface area (Å²) in [5.41, 5.74) is 3.47. The van der Waals surface area contributed by atoms with Crippen molar-refractivity contribution in [1.29, 1.82) is 0 Å². The number of fused-ring (bicyclic) bond motifs is 2. The lowest BCUT2D eigenvalue weighted by Crippen LogP contribution is -2.45. The number of hydrogen-bond donors (Lipinski definition) is 1. The molecule has 4 rings (SSSR count). The molecule has 0 aromatic heterocycles. The number of dihydropyridines is 1. The molecule has 118 valence electrons. The lowest BCUT2D eigenvalue weighted by molar-refractivity contribution is -0.119. The van der Waals surface area contributed by atoms with E-state index in [-0.39, 0.29) is 10.8 Å². The van der Waals surface area contributed by atoms with Crippen LogP contribution in [0, 0.1) is 16.7 Å². The Bertz CT molecular complexity index is 641. The molecule has 1 spiro atoms. The number of ketones is 1. The Morgan fingerprint density at radius 3 is 2.86 bits per heavy atom. The molecule has 2 heterocycles. The van der Waals surface area contributed by atoms with Crippen molar-refractivity contribution in [3.63, 3.8) is 0 Å². The molecule has 0 saturated heterocycles. The van der Waals surface area contributed by atoms with E-state index in [1.165, 1.54) is 18.4 Å². The van der Waals surface area contributed by atoms with Gasteiger partial charge >= 0.3 is 0 Å². The third kappa shape index (κ3) is 1.92. The highest BCUT2D eigenvalue weighted by atomic mass is 16.1. The molecule has 4 heteroatoms. The molecule has 0 aromatic carbocycles. The third-order valence-electron chi connectivity index (χ3n) is 5.88. The standard InChI is InChI=1S/C18H25N3O/c1-11-5-4-6-18(7-11)12-10-19-21-16(12)20-13-8-17(2,3)9-14(22)15(13)18/h11,20H,4-10H2,1-3H3/t11-,18-/m0/s1. The Morgan fingerprint density at radius 1 is 1.27 bits per heavy atom. The lowest BCUT2D eigenvalue weighted by atomic mass is 9.56. The van der Waals surface area contributed by atoms with Gasteiger partial charge in [-0.3, -0.25) is 4.79 Å². The molecular formula is C18H25N3O. The van der Waals surface area contributed by atoms with Crippen molar-refractivity contribution in [3.05, 3.63) is 22.7 Å². The number of nitrogens with zero attached hydrogens (tertiary/aromatic N) is 2. The van der Waals surface area contributed by atoms with Gasteiger partial charge in [0, 0.05) is 28.7 Å². The summed E-state index contributed by atoms with van der Waals surface area (Å²) in [6.07, 6.45) is 6.26. The van der Waals surface area contributed by atoms with Crippen LogP contribution in [0.3, 0.4) is 0 Å². The van der Waals surface area contributed by atoms with Crippen molar-refractivity contribution >= 4 is 5.78 Å². The lowest BCUT2D eigenvalue weighted by Gasteiger charge is -2.48. The van der Waals surface area contributed by atoms with E-state index in [2.05, 4.69) is 36.3 Å². The highest BCUT2D eigenvalue weighted by molar-refractivity contribution is 6.00. The van der Waals surface area contributed by atoms with Gasteiger partial charge in [-0.15, -0.1) is 5.11 Å². The summed E-state index contributed by atoms with van der Waals surface area (Å²) in [4.78, 5) is 13.0. The zero-order valence-electron chi connectivity index (χ0n) is 13.8. The summed E-state index contributed by atoms with van der Waals surface area (Å²) in [6, 6.07) is 0. The molecule has 0 aromatic rings. The van der Waals surface area contributed by atoms with Gasteiger partial charge < -0.3 is 5.32 Å². The van der Waals surface area contributed by atoms with Crippen LogP contribution >= 0.6 is 0 Å². The molecule has 1 fully saturated rings. The van der Waals surface area contributed by atoms with Crippen LogP contribution in [0.1, 0.15) is 59.3 Å². The highest BCUT2D eigenvalue weighted by Gasteiger charge is 2.52. The molecule has 2 aliphatic heterocycles. The summed E-state index contributed by atoms with van der Waals surface area (Å²) < 4.78 is 0. The van der Waals surface area contributed by atoms with E-state index in [0.29, 0.717) is 24.7 Å². The second kappa shape index (κ2) is 4.53. The quantitative estimate of drug-likeness (QED) is 0.732.